The maximum absolute atomic E-state index is 5.77. The van der Waals surface area contributed by atoms with E-state index in [-0.39, 0.29) is 0 Å². The zero-order valence-corrected chi connectivity index (χ0v) is 10.7. The number of aromatic nitrogens is 2. The number of hydrogen-bond donors (Lipinski definition) is 1. The van der Waals surface area contributed by atoms with E-state index in [0.29, 0.717) is 17.7 Å². The Morgan fingerprint density at radius 1 is 1.35 bits per heavy atom. The molecule has 0 aromatic carbocycles. The molecule has 0 saturated heterocycles. The number of anilines is 1. The maximum atomic E-state index is 5.77. The summed E-state index contributed by atoms with van der Waals surface area (Å²) in [6, 6.07) is 1.90. The third-order valence-corrected chi connectivity index (χ3v) is 3.11. The fraction of sp³-hybridized carbons (Fsp3) is 0.692. The molecule has 0 aliphatic heterocycles. The monoisotopic (exact) mass is 235 g/mol. The zero-order chi connectivity index (χ0) is 12.1. The first-order valence-corrected chi connectivity index (χ1v) is 6.50. The van der Waals surface area contributed by atoms with Gasteiger partial charge in [-0.3, -0.25) is 0 Å². The van der Waals surface area contributed by atoms with Crippen LogP contribution in [0.3, 0.4) is 0 Å². The van der Waals surface area contributed by atoms with Crippen molar-refractivity contribution >= 4 is 5.95 Å². The van der Waals surface area contributed by atoms with E-state index >= 15 is 0 Å². The SMILES string of the molecule is CCNc1nc(C)cc(OCC2CCCC2)n1. The number of nitrogens with zero attached hydrogens (tertiary/aromatic N) is 2. The van der Waals surface area contributed by atoms with Crippen LogP contribution in [0.15, 0.2) is 6.07 Å². The molecule has 1 fully saturated rings. The van der Waals surface area contributed by atoms with Crippen LogP contribution in [0.4, 0.5) is 5.95 Å². The van der Waals surface area contributed by atoms with E-state index in [0.717, 1.165) is 18.8 Å². The predicted octanol–water partition coefficient (Wildman–Crippen LogP) is 2.79. The lowest BCUT2D eigenvalue weighted by Crippen LogP contribution is -2.10. The van der Waals surface area contributed by atoms with Gasteiger partial charge in [0, 0.05) is 18.3 Å². The Kier molecular flexibility index (Phi) is 4.18. The summed E-state index contributed by atoms with van der Waals surface area (Å²) in [6.45, 7) is 5.61. The summed E-state index contributed by atoms with van der Waals surface area (Å²) < 4.78 is 5.77. The summed E-state index contributed by atoms with van der Waals surface area (Å²) in [5.41, 5.74) is 0.942. The van der Waals surface area contributed by atoms with Gasteiger partial charge in [0.15, 0.2) is 0 Å². The second-order valence-corrected chi connectivity index (χ2v) is 4.66. The average Bonchev–Trinajstić information content (AvgIpc) is 2.79. The number of rotatable bonds is 5. The van der Waals surface area contributed by atoms with Gasteiger partial charge in [-0.15, -0.1) is 0 Å². The van der Waals surface area contributed by atoms with Crippen LogP contribution >= 0.6 is 0 Å². The molecule has 4 heteroatoms. The molecule has 94 valence electrons. The molecule has 1 aliphatic carbocycles. The number of aryl methyl sites for hydroxylation is 1. The first-order valence-electron chi connectivity index (χ1n) is 6.50. The Hall–Kier alpha value is -1.32. The summed E-state index contributed by atoms with van der Waals surface area (Å²) in [5.74, 6) is 2.07. The molecule has 1 N–H and O–H groups in total. The molecule has 1 aromatic heterocycles. The van der Waals surface area contributed by atoms with Crippen molar-refractivity contribution in [2.24, 2.45) is 5.92 Å². The minimum absolute atomic E-state index is 0.661. The van der Waals surface area contributed by atoms with E-state index in [9.17, 15) is 0 Å². The molecule has 1 heterocycles. The highest BCUT2D eigenvalue weighted by molar-refractivity contribution is 5.30. The van der Waals surface area contributed by atoms with Gasteiger partial charge in [0.2, 0.25) is 11.8 Å². The number of hydrogen-bond acceptors (Lipinski definition) is 4. The lowest BCUT2D eigenvalue weighted by Gasteiger charge is -2.12. The van der Waals surface area contributed by atoms with Gasteiger partial charge in [0.05, 0.1) is 6.61 Å². The second-order valence-electron chi connectivity index (χ2n) is 4.66. The van der Waals surface area contributed by atoms with E-state index in [1.54, 1.807) is 0 Å². The summed E-state index contributed by atoms with van der Waals surface area (Å²) >= 11 is 0. The minimum Gasteiger partial charge on any atom is -0.477 e. The molecule has 0 atom stereocenters. The Labute approximate surface area is 103 Å². The van der Waals surface area contributed by atoms with Crippen molar-refractivity contribution in [2.45, 2.75) is 39.5 Å². The Morgan fingerprint density at radius 2 is 2.12 bits per heavy atom. The first kappa shape index (κ1) is 12.1. The van der Waals surface area contributed by atoms with Gasteiger partial charge in [-0.25, -0.2) is 4.98 Å². The molecule has 1 aliphatic rings. The van der Waals surface area contributed by atoms with Crippen molar-refractivity contribution in [2.75, 3.05) is 18.5 Å². The van der Waals surface area contributed by atoms with Crippen LogP contribution in [0.1, 0.15) is 38.3 Å². The zero-order valence-electron chi connectivity index (χ0n) is 10.7. The molecule has 1 aromatic rings. The molecule has 4 nitrogen and oxygen atoms in total. The van der Waals surface area contributed by atoms with Crippen molar-refractivity contribution in [1.82, 2.24) is 9.97 Å². The summed E-state index contributed by atoms with van der Waals surface area (Å²) in [7, 11) is 0. The second kappa shape index (κ2) is 5.84. The molecule has 0 spiro atoms. The number of ether oxygens (including phenoxy) is 1. The van der Waals surface area contributed by atoms with Crippen molar-refractivity contribution in [3.05, 3.63) is 11.8 Å². The lowest BCUT2D eigenvalue weighted by atomic mass is 10.1. The lowest BCUT2D eigenvalue weighted by molar-refractivity contribution is 0.243. The first-order chi connectivity index (χ1) is 8.28. The van der Waals surface area contributed by atoms with Crippen LogP contribution in [-0.4, -0.2) is 23.1 Å². The minimum atomic E-state index is 0.661. The molecule has 1 saturated carbocycles. The van der Waals surface area contributed by atoms with Crippen molar-refractivity contribution in [3.8, 4) is 5.88 Å². The summed E-state index contributed by atoms with van der Waals surface area (Å²) in [5, 5.41) is 3.11. The fourth-order valence-electron chi connectivity index (χ4n) is 2.23. The number of nitrogens with one attached hydrogen (secondary N) is 1. The van der Waals surface area contributed by atoms with Crippen LogP contribution < -0.4 is 10.1 Å². The van der Waals surface area contributed by atoms with E-state index in [4.69, 9.17) is 4.74 Å². The third kappa shape index (κ3) is 3.58. The largest absolute Gasteiger partial charge is 0.477 e. The molecular formula is C13H21N3O. The molecule has 0 unspecified atom stereocenters. The van der Waals surface area contributed by atoms with Gasteiger partial charge >= 0.3 is 0 Å². The van der Waals surface area contributed by atoms with Gasteiger partial charge < -0.3 is 10.1 Å². The van der Waals surface area contributed by atoms with Crippen molar-refractivity contribution in [3.63, 3.8) is 0 Å². The van der Waals surface area contributed by atoms with Crippen molar-refractivity contribution < 1.29 is 4.74 Å². The Morgan fingerprint density at radius 3 is 2.82 bits per heavy atom. The van der Waals surface area contributed by atoms with Crippen LogP contribution in [0.2, 0.25) is 0 Å². The van der Waals surface area contributed by atoms with Gasteiger partial charge in [-0.1, -0.05) is 12.8 Å². The smallest absolute Gasteiger partial charge is 0.226 e. The maximum Gasteiger partial charge on any atom is 0.226 e. The van der Waals surface area contributed by atoms with E-state index in [1.807, 2.05) is 19.9 Å². The van der Waals surface area contributed by atoms with Crippen LogP contribution in [-0.2, 0) is 0 Å². The molecule has 2 rings (SSSR count). The third-order valence-electron chi connectivity index (χ3n) is 3.11. The van der Waals surface area contributed by atoms with Gasteiger partial charge in [-0.05, 0) is 32.6 Å². The topological polar surface area (TPSA) is 47.0 Å². The predicted molar refractivity (Wildman–Crippen MR) is 68.4 cm³/mol. The molecule has 0 amide bonds. The summed E-state index contributed by atoms with van der Waals surface area (Å²) in [4.78, 5) is 8.64. The highest BCUT2D eigenvalue weighted by atomic mass is 16.5. The van der Waals surface area contributed by atoms with Crippen LogP contribution in [0.5, 0.6) is 5.88 Å². The normalized spacial score (nSPS) is 16.1. The van der Waals surface area contributed by atoms with Gasteiger partial charge in [0.1, 0.15) is 0 Å². The molecule has 0 radical (unpaired) electrons. The molecule has 17 heavy (non-hydrogen) atoms. The Bertz CT molecular complexity index is 362. The van der Waals surface area contributed by atoms with E-state index in [1.165, 1.54) is 25.7 Å². The quantitative estimate of drug-likeness (QED) is 0.852. The van der Waals surface area contributed by atoms with Gasteiger partial charge in [-0.2, -0.15) is 4.98 Å². The standard InChI is InChI=1S/C13H21N3O/c1-3-14-13-15-10(2)8-12(16-13)17-9-11-6-4-5-7-11/h8,11H,3-7,9H2,1-2H3,(H,14,15,16). The average molecular weight is 235 g/mol. The highest BCUT2D eigenvalue weighted by Crippen LogP contribution is 2.25. The Balaban J connectivity index is 1.94. The fourth-order valence-corrected chi connectivity index (χ4v) is 2.23. The van der Waals surface area contributed by atoms with E-state index in [2.05, 4.69) is 15.3 Å². The van der Waals surface area contributed by atoms with Crippen molar-refractivity contribution in [1.29, 1.82) is 0 Å². The van der Waals surface area contributed by atoms with Crippen LogP contribution in [0.25, 0.3) is 0 Å². The van der Waals surface area contributed by atoms with E-state index < -0.39 is 0 Å². The van der Waals surface area contributed by atoms with Gasteiger partial charge in [0.25, 0.3) is 0 Å². The molecular weight excluding hydrogens is 214 g/mol. The van der Waals surface area contributed by atoms with Crippen LogP contribution in [0, 0.1) is 12.8 Å². The summed E-state index contributed by atoms with van der Waals surface area (Å²) in [6.07, 6.45) is 5.28. The molecule has 0 bridgehead atoms. The highest BCUT2D eigenvalue weighted by Gasteiger charge is 2.16.